The highest BCUT2D eigenvalue weighted by atomic mass is 35.5. The van der Waals surface area contributed by atoms with Crippen molar-refractivity contribution < 1.29 is 13.9 Å². The molecule has 2 aliphatic rings. The van der Waals surface area contributed by atoms with Crippen LogP contribution in [0.15, 0.2) is 24.3 Å². The normalized spacial score (nSPS) is 18.5. The summed E-state index contributed by atoms with van der Waals surface area (Å²) in [5, 5.41) is 13.6. The van der Waals surface area contributed by atoms with Crippen LogP contribution >= 0.6 is 12.4 Å². The van der Waals surface area contributed by atoms with Gasteiger partial charge in [0.15, 0.2) is 5.69 Å². The van der Waals surface area contributed by atoms with E-state index in [1.807, 2.05) is 6.07 Å². The maximum absolute atomic E-state index is 13.8. The van der Waals surface area contributed by atoms with Gasteiger partial charge in [0.05, 0.1) is 5.54 Å². The molecule has 0 spiro atoms. The van der Waals surface area contributed by atoms with Crippen LogP contribution in [0.25, 0.3) is 0 Å². The third-order valence-corrected chi connectivity index (χ3v) is 5.10. The van der Waals surface area contributed by atoms with Crippen LogP contribution in [-0.2, 0) is 23.2 Å². The first-order valence-corrected chi connectivity index (χ1v) is 8.61. The number of H-pyrrole nitrogens is 1. The maximum atomic E-state index is 13.8. The molecule has 1 aromatic heterocycles. The molecule has 3 heterocycles. The molecular formula is C18H22ClFN4O2. The van der Waals surface area contributed by atoms with Crippen molar-refractivity contribution >= 4 is 18.3 Å². The molecule has 1 fully saturated rings. The van der Waals surface area contributed by atoms with Crippen LogP contribution in [0.4, 0.5) is 4.39 Å². The Hall–Kier alpha value is -1.96. The lowest BCUT2D eigenvalue weighted by Gasteiger charge is -2.38. The van der Waals surface area contributed by atoms with Gasteiger partial charge in [-0.2, -0.15) is 5.10 Å². The Morgan fingerprint density at radius 3 is 2.88 bits per heavy atom. The zero-order valence-corrected chi connectivity index (χ0v) is 15.1. The number of nitrogens with zero attached hydrogens (tertiary/aromatic N) is 1. The molecule has 1 saturated heterocycles. The molecule has 2 aromatic rings. The van der Waals surface area contributed by atoms with Crippen molar-refractivity contribution in [2.24, 2.45) is 0 Å². The van der Waals surface area contributed by atoms with E-state index in [0.29, 0.717) is 38.3 Å². The van der Waals surface area contributed by atoms with Gasteiger partial charge < -0.3 is 15.4 Å². The minimum atomic E-state index is -0.634. The second-order valence-electron chi connectivity index (χ2n) is 6.62. The Morgan fingerprint density at radius 2 is 2.12 bits per heavy atom. The topological polar surface area (TPSA) is 79.0 Å². The minimum absolute atomic E-state index is 0. The Balaban J connectivity index is 0.00000196. The number of ether oxygens (including phenoxy) is 1. The van der Waals surface area contributed by atoms with Crippen LogP contribution in [0, 0.1) is 5.82 Å². The Bertz CT molecular complexity index is 789. The lowest BCUT2D eigenvalue weighted by Crippen LogP contribution is -2.50. The summed E-state index contributed by atoms with van der Waals surface area (Å²) >= 11 is 0. The second kappa shape index (κ2) is 7.73. The van der Waals surface area contributed by atoms with Gasteiger partial charge in [-0.15, -0.1) is 12.4 Å². The number of benzene rings is 1. The first-order valence-electron chi connectivity index (χ1n) is 8.61. The summed E-state index contributed by atoms with van der Waals surface area (Å²) in [7, 11) is 0. The van der Waals surface area contributed by atoms with Gasteiger partial charge in [0.25, 0.3) is 5.91 Å². The number of hydrogen-bond donors (Lipinski definition) is 3. The second-order valence-corrected chi connectivity index (χ2v) is 6.62. The van der Waals surface area contributed by atoms with Gasteiger partial charge >= 0.3 is 0 Å². The van der Waals surface area contributed by atoms with Crippen molar-refractivity contribution in [1.82, 2.24) is 20.8 Å². The van der Waals surface area contributed by atoms with E-state index < -0.39 is 5.54 Å². The lowest BCUT2D eigenvalue weighted by molar-refractivity contribution is 0.0342. The van der Waals surface area contributed by atoms with Crippen molar-refractivity contribution in [3.8, 4) is 0 Å². The Kier molecular flexibility index (Phi) is 5.60. The van der Waals surface area contributed by atoms with Gasteiger partial charge in [0.2, 0.25) is 0 Å². The monoisotopic (exact) mass is 380 g/mol. The summed E-state index contributed by atoms with van der Waals surface area (Å²) < 4.78 is 19.2. The average molecular weight is 381 g/mol. The smallest absolute Gasteiger partial charge is 0.272 e. The lowest BCUT2D eigenvalue weighted by atomic mass is 9.82. The van der Waals surface area contributed by atoms with E-state index in [0.717, 1.165) is 29.8 Å². The predicted octanol–water partition coefficient (Wildman–Crippen LogP) is 2.05. The fourth-order valence-corrected chi connectivity index (χ4v) is 3.68. The van der Waals surface area contributed by atoms with Gasteiger partial charge in [-0.25, -0.2) is 4.39 Å². The first-order chi connectivity index (χ1) is 12.2. The van der Waals surface area contributed by atoms with Crippen molar-refractivity contribution in [1.29, 1.82) is 0 Å². The molecule has 0 aliphatic carbocycles. The molecule has 0 unspecified atom stereocenters. The Morgan fingerprint density at radius 1 is 1.31 bits per heavy atom. The maximum Gasteiger partial charge on any atom is 0.272 e. The zero-order chi connectivity index (χ0) is 17.3. The number of amides is 1. The number of fused-ring (bicyclic) bond motifs is 1. The van der Waals surface area contributed by atoms with Gasteiger partial charge in [-0.05, 0) is 30.5 Å². The molecule has 2 aliphatic heterocycles. The summed E-state index contributed by atoms with van der Waals surface area (Å²) in [4.78, 5) is 13.0. The molecule has 3 N–H and O–H groups in total. The SMILES string of the molecule is Cl.O=C(NC1(c2cccc(F)c2)CCOCC1)c1n[nH]c2c1CNCC2. The molecule has 8 heteroatoms. The summed E-state index contributed by atoms with van der Waals surface area (Å²) in [5.41, 5.74) is 2.49. The number of aromatic amines is 1. The third kappa shape index (κ3) is 3.47. The van der Waals surface area contributed by atoms with Crippen LogP contribution in [0.5, 0.6) is 0 Å². The molecule has 0 radical (unpaired) electrons. The van der Waals surface area contributed by atoms with E-state index in [9.17, 15) is 9.18 Å². The largest absolute Gasteiger partial charge is 0.381 e. The van der Waals surface area contributed by atoms with E-state index in [-0.39, 0.29) is 24.1 Å². The summed E-state index contributed by atoms with van der Waals surface area (Å²) in [6.45, 7) is 2.56. The van der Waals surface area contributed by atoms with E-state index in [4.69, 9.17) is 4.74 Å². The summed E-state index contributed by atoms with van der Waals surface area (Å²) in [6, 6.07) is 6.44. The van der Waals surface area contributed by atoms with E-state index in [1.54, 1.807) is 6.07 Å². The number of nitrogens with one attached hydrogen (secondary N) is 3. The first kappa shape index (κ1) is 18.8. The van der Waals surface area contributed by atoms with Crippen LogP contribution in [-0.4, -0.2) is 35.9 Å². The van der Waals surface area contributed by atoms with E-state index in [1.165, 1.54) is 12.1 Å². The third-order valence-electron chi connectivity index (χ3n) is 5.10. The average Bonchev–Trinajstić information content (AvgIpc) is 3.07. The fourth-order valence-electron chi connectivity index (χ4n) is 3.68. The highest BCUT2D eigenvalue weighted by Crippen LogP contribution is 2.33. The Labute approximate surface area is 157 Å². The molecule has 140 valence electrons. The molecule has 1 amide bonds. The number of halogens is 2. The van der Waals surface area contributed by atoms with Gasteiger partial charge in [0.1, 0.15) is 5.82 Å². The minimum Gasteiger partial charge on any atom is -0.381 e. The molecule has 0 bridgehead atoms. The van der Waals surface area contributed by atoms with Crippen LogP contribution < -0.4 is 10.6 Å². The molecule has 0 saturated carbocycles. The van der Waals surface area contributed by atoms with E-state index in [2.05, 4.69) is 20.8 Å². The number of hydrogen-bond acceptors (Lipinski definition) is 4. The molecule has 4 rings (SSSR count). The highest BCUT2D eigenvalue weighted by Gasteiger charge is 2.37. The van der Waals surface area contributed by atoms with E-state index >= 15 is 0 Å². The number of carbonyl (C=O) groups is 1. The molecule has 26 heavy (non-hydrogen) atoms. The van der Waals surface area contributed by atoms with Crippen LogP contribution in [0.1, 0.15) is 40.2 Å². The van der Waals surface area contributed by atoms with Crippen molar-refractivity contribution in [3.63, 3.8) is 0 Å². The van der Waals surface area contributed by atoms with Gasteiger partial charge in [-0.3, -0.25) is 9.89 Å². The standard InChI is InChI=1S/C18H21FN4O2.ClH/c19-13-3-1-2-12(10-13)18(5-8-25-9-6-18)21-17(24)16-14-11-20-7-4-15(14)22-23-16;/h1-3,10,20H,4-9,11H2,(H,21,24)(H,22,23);1H. The molecule has 1 aromatic carbocycles. The molecule has 0 atom stereocenters. The highest BCUT2D eigenvalue weighted by molar-refractivity contribution is 5.94. The van der Waals surface area contributed by atoms with Crippen molar-refractivity contribution in [2.45, 2.75) is 31.3 Å². The summed E-state index contributed by atoms with van der Waals surface area (Å²) in [5.74, 6) is -0.536. The molecular weight excluding hydrogens is 359 g/mol. The van der Waals surface area contributed by atoms with Crippen molar-refractivity contribution in [2.75, 3.05) is 19.8 Å². The zero-order valence-electron chi connectivity index (χ0n) is 14.3. The van der Waals surface area contributed by atoms with Gasteiger partial charge in [0, 0.05) is 44.0 Å². The number of carbonyl (C=O) groups excluding carboxylic acids is 1. The van der Waals surface area contributed by atoms with Crippen LogP contribution in [0.2, 0.25) is 0 Å². The number of rotatable bonds is 3. The van der Waals surface area contributed by atoms with Crippen LogP contribution in [0.3, 0.4) is 0 Å². The molecule has 6 nitrogen and oxygen atoms in total. The fraction of sp³-hybridized carbons (Fsp3) is 0.444. The summed E-state index contributed by atoms with van der Waals surface area (Å²) in [6.07, 6.45) is 2.04. The quantitative estimate of drug-likeness (QED) is 0.761. The van der Waals surface area contributed by atoms with Crippen molar-refractivity contribution in [3.05, 3.63) is 52.6 Å². The predicted molar refractivity (Wildman–Crippen MR) is 96.8 cm³/mol. The van der Waals surface area contributed by atoms with Gasteiger partial charge in [-0.1, -0.05) is 12.1 Å². The number of aromatic nitrogens is 2.